The van der Waals surface area contributed by atoms with Gasteiger partial charge in [0.15, 0.2) is 0 Å². The van der Waals surface area contributed by atoms with E-state index in [-0.39, 0.29) is 12.2 Å². The van der Waals surface area contributed by atoms with Crippen LogP contribution >= 0.6 is 15.9 Å². The Kier molecular flexibility index (Phi) is 3.21. The second-order valence-electron chi connectivity index (χ2n) is 3.56. The largest absolute Gasteiger partial charge is 0.393 e. The standard InChI is InChI=1S/C11H13BrO2/c12-10-4-2-1-3-9(10)11-7-8(13)5-6-14-11/h1-4,8,11,13H,5-7H2. The van der Waals surface area contributed by atoms with E-state index in [1.54, 1.807) is 0 Å². The van der Waals surface area contributed by atoms with Crippen LogP contribution in [0, 0.1) is 0 Å². The smallest absolute Gasteiger partial charge is 0.0860 e. The molecule has 3 heteroatoms. The van der Waals surface area contributed by atoms with Gasteiger partial charge in [-0.3, -0.25) is 0 Å². The molecule has 1 saturated heterocycles. The number of benzene rings is 1. The molecule has 0 radical (unpaired) electrons. The predicted octanol–water partition coefficient (Wildman–Crippen LogP) is 2.66. The van der Waals surface area contributed by atoms with Gasteiger partial charge in [0, 0.05) is 17.5 Å². The summed E-state index contributed by atoms with van der Waals surface area (Å²) in [4.78, 5) is 0. The van der Waals surface area contributed by atoms with E-state index in [4.69, 9.17) is 4.74 Å². The van der Waals surface area contributed by atoms with Crippen molar-refractivity contribution in [3.05, 3.63) is 34.3 Å². The third-order valence-corrected chi connectivity index (χ3v) is 3.23. The molecule has 1 aliphatic heterocycles. The molecule has 0 aliphatic carbocycles. The topological polar surface area (TPSA) is 29.5 Å². The minimum Gasteiger partial charge on any atom is -0.393 e. The molecule has 0 saturated carbocycles. The van der Waals surface area contributed by atoms with Crippen molar-refractivity contribution in [1.29, 1.82) is 0 Å². The summed E-state index contributed by atoms with van der Waals surface area (Å²) in [6.45, 7) is 0.646. The molecule has 1 aliphatic rings. The van der Waals surface area contributed by atoms with Crippen LogP contribution in [0.4, 0.5) is 0 Å². The van der Waals surface area contributed by atoms with Crippen molar-refractivity contribution >= 4 is 15.9 Å². The molecule has 76 valence electrons. The Bertz CT molecular complexity index is 314. The maximum atomic E-state index is 9.54. The minimum absolute atomic E-state index is 0.0364. The van der Waals surface area contributed by atoms with E-state index in [1.165, 1.54) is 0 Å². The molecule has 0 aromatic heterocycles. The van der Waals surface area contributed by atoms with Gasteiger partial charge in [-0.15, -0.1) is 0 Å². The maximum Gasteiger partial charge on any atom is 0.0860 e. The Morgan fingerprint density at radius 1 is 1.36 bits per heavy atom. The molecule has 2 atom stereocenters. The average Bonchev–Trinajstić information content (AvgIpc) is 2.18. The summed E-state index contributed by atoms with van der Waals surface area (Å²) in [7, 11) is 0. The van der Waals surface area contributed by atoms with Gasteiger partial charge in [0.25, 0.3) is 0 Å². The number of aliphatic hydroxyl groups is 1. The van der Waals surface area contributed by atoms with Gasteiger partial charge < -0.3 is 9.84 Å². The van der Waals surface area contributed by atoms with Crippen molar-refractivity contribution in [3.63, 3.8) is 0 Å². The van der Waals surface area contributed by atoms with Crippen LogP contribution in [-0.4, -0.2) is 17.8 Å². The van der Waals surface area contributed by atoms with E-state index in [1.807, 2.05) is 24.3 Å². The SMILES string of the molecule is OC1CCOC(c2ccccc2Br)C1. The number of aliphatic hydroxyl groups excluding tert-OH is 1. The fourth-order valence-electron chi connectivity index (χ4n) is 1.73. The van der Waals surface area contributed by atoms with Crippen LogP contribution in [0.25, 0.3) is 0 Å². The molecular weight excluding hydrogens is 244 g/mol. The van der Waals surface area contributed by atoms with Crippen LogP contribution in [0.1, 0.15) is 24.5 Å². The first-order chi connectivity index (χ1) is 6.77. The van der Waals surface area contributed by atoms with Crippen LogP contribution < -0.4 is 0 Å². The molecule has 2 nitrogen and oxygen atoms in total. The summed E-state index contributed by atoms with van der Waals surface area (Å²) >= 11 is 3.49. The first-order valence-corrected chi connectivity index (χ1v) is 5.61. The first kappa shape index (κ1) is 10.1. The van der Waals surface area contributed by atoms with Gasteiger partial charge in [0.05, 0.1) is 12.2 Å². The number of halogens is 1. The van der Waals surface area contributed by atoms with Crippen molar-refractivity contribution in [3.8, 4) is 0 Å². The molecule has 0 bridgehead atoms. The summed E-state index contributed by atoms with van der Waals surface area (Å²) in [5, 5.41) is 9.54. The molecule has 2 rings (SSSR count). The fourth-order valence-corrected chi connectivity index (χ4v) is 2.27. The van der Waals surface area contributed by atoms with Gasteiger partial charge in [-0.25, -0.2) is 0 Å². The third-order valence-electron chi connectivity index (χ3n) is 2.51. The Hall–Kier alpha value is -0.380. The zero-order chi connectivity index (χ0) is 9.97. The molecule has 1 N–H and O–H groups in total. The minimum atomic E-state index is -0.221. The van der Waals surface area contributed by atoms with Crippen LogP contribution in [-0.2, 0) is 4.74 Å². The average molecular weight is 257 g/mol. The number of hydrogen-bond acceptors (Lipinski definition) is 2. The van der Waals surface area contributed by atoms with E-state index in [9.17, 15) is 5.11 Å². The summed E-state index contributed by atoms with van der Waals surface area (Å²) in [6, 6.07) is 8.00. The lowest BCUT2D eigenvalue weighted by Crippen LogP contribution is -2.23. The van der Waals surface area contributed by atoms with E-state index in [2.05, 4.69) is 15.9 Å². The Morgan fingerprint density at radius 3 is 2.86 bits per heavy atom. The molecule has 0 amide bonds. The van der Waals surface area contributed by atoms with Crippen molar-refractivity contribution in [2.45, 2.75) is 25.0 Å². The first-order valence-electron chi connectivity index (χ1n) is 4.81. The highest BCUT2D eigenvalue weighted by Crippen LogP contribution is 2.32. The van der Waals surface area contributed by atoms with Gasteiger partial charge in [-0.05, 0) is 18.1 Å². The van der Waals surface area contributed by atoms with E-state index in [0.29, 0.717) is 13.0 Å². The summed E-state index contributed by atoms with van der Waals surface area (Å²) in [5.74, 6) is 0. The van der Waals surface area contributed by atoms with Gasteiger partial charge in [-0.2, -0.15) is 0 Å². The Balaban J connectivity index is 2.18. The molecule has 0 spiro atoms. The molecule has 14 heavy (non-hydrogen) atoms. The molecular formula is C11H13BrO2. The molecule has 1 aromatic carbocycles. The molecule has 2 unspecified atom stereocenters. The lowest BCUT2D eigenvalue weighted by Gasteiger charge is -2.27. The van der Waals surface area contributed by atoms with E-state index < -0.39 is 0 Å². The highest BCUT2D eigenvalue weighted by molar-refractivity contribution is 9.10. The van der Waals surface area contributed by atoms with Crippen LogP contribution in [0.2, 0.25) is 0 Å². The van der Waals surface area contributed by atoms with Crippen LogP contribution in [0.5, 0.6) is 0 Å². The normalized spacial score (nSPS) is 27.6. The Labute approximate surface area is 92.0 Å². The molecule has 1 aromatic rings. The van der Waals surface area contributed by atoms with Crippen molar-refractivity contribution in [2.75, 3.05) is 6.61 Å². The number of ether oxygens (including phenoxy) is 1. The maximum absolute atomic E-state index is 9.54. The zero-order valence-electron chi connectivity index (χ0n) is 7.82. The zero-order valence-corrected chi connectivity index (χ0v) is 9.40. The highest BCUT2D eigenvalue weighted by Gasteiger charge is 2.23. The summed E-state index contributed by atoms with van der Waals surface area (Å²) in [6.07, 6.45) is 1.26. The lowest BCUT2D eigenvalue weighted by molar-refractivity contribution is -0.0450. The van der Waals surface area contributed by atoms with Crippen LogP contribution in [0.15, 0.2) is 28.7 Å². The third kappa shape index (κ3) is 2.16. The van der Waals surface area contributed by atoms with Crippen molar-refractivity contribution in [1.82, 2.24) is 0 Å². The number of hydrogen-bond donors (Lipinski definition) is 1. The monoisotopic (exact) mass is 256 g/mol. The molecule has 1 fully saturated rings. The number of rotatable bonds is 1. The molecule has 1 heterocycles. The highest BCUT2D eigenvalue weighted by atomic mass is 79.9. The fraction of sp³-hybridized carbons (Fsp3) is 0.455. The van der Waals surface area contributed by atoms with Gasteiger partial charge in [0.1, 0.15) is 0 Å². The predicted molar refractivity (Wildman–Crippen MR) is 58.1 cm³/mol. The quantitative estimate of drug-likeness (QED) is 0.838. The van der Waals surface area contributed by atoms with Crippen molar-refractivity contribution < 1.29 is 9.84 Å². The Morgan fingerprint density at radius 2 is 2.14 bits per heavy atom. The van der Waals surface area contributed by atoms with Gasteiger partial charge in [0.2, 0.25) is 0 Å². The van der Waals surface area contributed by atoms with Crippen LogP contribution in [0.3, 0.4) is 0 Å². The second kappa shape index (κ2) is 4.43. The summed E-state index contributed by atoms with van der Waals surface area (Å²) in [5.41, 5.74) is 1.13. The second-order valence-corrected chi connectivity index (χ2v) is 4.41. The summed E-state index contributed by atoms with van der Waals surface area (Å²) < 4.78 is 6.68. The van der Waals surface area contributed by atoms with Gasteiger partial charge in [-0.1, -0.05) is 34.1 Å². The lowest BCUT2D eigenvalue weighted by atomic mass is 9.99. The van der Waals surface area contributed by atoms with E-state index >= 15 is 0 Å². The van der Waals surface area contributed by atoms with Crippen molar-refractivity contribution in [2.24, 2.45) is 0 Å². The van der Waals surface area contributed by atoms with Gasteiger partial charge >= 0.3 is 0 Å². The van der Waals surface area contributed by atoms with E-state index in [0.717, 1.165) is 16.5 Å².